The number of carbonyl (C=O) groups excluding carboxylic acids is 2. The molecule has 0 atom stereocenters. The monoisotopic (exact) mass is 443 g/mol. The number of nitrogens with two attached hydrogens (primary N) is 1. The van der Waals surface area contributed by atoms with Crippen LogP contribution in [0, 0.1) is 6.92 Å². The van der Waals surface area contributed by atoms with Gasteiger partial charge in [-0.1, -0.05) is 48.2 Å². The Balaban J connectivity index is 1.53. The molecule has 0 saturated carbocycles. The number of amides is 2. The second-order valence-corrected chi connectivity index (χ2v) is 8.71. The highest BCUT2D eigenvalue weighted by molar-refractivity contribution is 8.03. The van der Waals surface area contributed by atoms with Crippen LogP contribution in [0.5, 0.6) is 0 Å². The summed E-state index contributed by atoms with van der Waals surface area (Å²) in [6, 6.07) is 22.4. The summed E-state index contributed by atoms with van der Waals surface area (Å²) in [4.78, 5) is 29.9. The molecule has 3 aromatic carbocycles. The van der Waals surface area contributed by atoms with Crippen molar-refractivity contribution in [3.8, 4) is 0 Å². The van der Waals surface area contributed by atoms with Crippen molar-refractivity contribution in [1.82, 2.24) is 0 Å². The van der Waals surface area contributed by atoms with Gasteiger partial charge in [-0.3, -0.25) is 9.59 Å². The zero-order valence-corrected chi connectivity index (χ0v) is 18.7. The predicted molar refractivity (Wildman–Crippen MR) is 131 cm³/mol. The molecule has 0 spiro atoms. The van der Waals surface area contributed by atoms with E-state index in [0.717, 1.165) is 22.6 Å². The summed E-state index contributed by atoms with van der Waals surface area (Å²) in [6.45, 7) is 2.97. The Morgan fingerprint density at radius 3 is 2.47 bits per heavy atom. The number of thioether (sulfide) groups is 1. The lowest BCUT2D eigenvalue weighted by molar-refractivity contribution is 0.0988. The lowest BCUT2D eigenvalue weighted by atomic mass is 10.1. The Morgan fingerprint density at radius 1 is 1.00 bits per heavy atom. The molecule has 1 aliphatic heterocycles. The Labute approximate surface area is 192 Å². The summed E-state index contributed by atoms with van der Waals surface area (Å²) >= 11 is 1.67. The standard InChI is InChI=1S/C26H25N3O2S/c1-18-6-2-3-7-22(18)25(30)28-20-12-10-19(11-13-20)26(31)29-17-15-21(14-16-27)32-24-9-5-4-8-23(24)29/h2-13,15H,14,16-17,27H2,1H3,(H,28,30). The van der Waals surface area contributed by atoms with E-state index < -0.39 is 0 Å². The molecule has 0 saturated heterocycles. The van der Waals surface area contributed by atoms with Gasteiger partial charge in [-0.05, 0) is 72.8 Å². The Hall–Kier alpha value is -3.35. The quantitative estimate of drug-likeness (QED) is 0.566. The summed E-state index contributed by atoms with van der Waals surface area (Å²) in [7, 11) is 0. The first-order chi connectivity index (χ1) is 15.6. The number of nitrogens with zero attached hydrogens (tertiary/aromatic N) is 1. The van der Waals surface area contributed by atoms with Gasteiger partial charge >= 0.3 is 0 Å². The molecule has 0 radical (unpaired) electrons. The van der Waals surface area contributed by atoms with E-state index in [1.807, 2.05) is 49.4 Å². The van der Waals surface area contributed by atoms with E-state index in [9.17, 15) is 9.59 Å². The molecule has 0 aliphatic carbocycles. The molecule has 1 heterocycles. The van der Waals surface area contributed by atoms with Gasteiger partial charge in [0.2, 0.25) is 0 Å². The minimum Gasteiger partial charge on any atom is -0.330 e. The van der Waals surface area contributed by atoms with Gasteiger partial charge in [0.25, 0.3) is 11.8 Å². The number of fused-ring (bicyclic) bond motifs is 1. The van der Waals surface area contributed by atoms with Crippen LogP contribution in [-0.2, 0) is 0 Å². The fourth-order valence-electron chi connectivity index (χ4n) is 3.61. The Kier molecular flexibility index (Phi) is 6.73. The molecular formula is C26H25N3O2S. The number of rotatable bonds is 5. The van der Waals surface area contributed by atoms with E-state index in [1.54, 1.807) is 47.0 Å². The predicted octanol–water partition coefficient (Wildman–Crippen LogP) is 5.23. The molecule has 162 valence electrons. The third kappa shape index (κ3) is 4.77. The zero-order valence-electron chi connectivity index (χ0n) is 17.9. The van der Waals surface area contributed by atoms with Crippen LogP contribution in [0.4, 0.5) is 11.4 Å². The number of para-hydroxylation sites is 1. The average molecular weight is 444 g/mol. The van der Waals surface area contributed by atoms with Crippen molar-refractivity contribution in [2.75, 3.05) is 23.3 Å². The third-order valence-corrected chi connectivity index (χ3v) is 6.51. The molecule has 4 rings (SSSR count). The first kappa shape index (κ1) is 21.9. The van der Waals surface area contributed by atoms with Crippen LogP contribution in [0.3, 0.4) is 0 Å². The number of anilines is 2. The van der Waals surface area contributed by atoms with Gasteiger partial charge < -0.3 is 16.0 Å². The van der Waals surface area contributed by atoms with E-state index in [0.29, 0.717) is 29.9 Å². The molecule has 6 heteroatoms. The maximum atomic E-state index is 13.4. The molecule has 0 unspecified atom stereocenters. The van der Waals surface area contributed by atoms with Gasteiger partial charge in [-0.25, -0.2) is 0 Å². The molecule has 5 nitrogen and oxygen atoms in total. The molecule has 2 amide bonds. The van der Waals surface area contributed by atoms with Gasteiger partial charge in [-0.15, -0.1) is 0 Å². The second-order valence-electron chi connectivity index (χ2n) is 7.54. The summed E-state index contributed by atoms with van der Waals surface area (Å²) in [5, 5.41) is 2.90. The van der Waals surface area contributed by atoms with Crippen LogP contribution in [0.1, 0.15) is 32.7 Å². The van der Waals surface area contributed by atoms with E-state index >= 15 is 0 Å². The van der Waals surface area contributed by atoms with Crippen molar-refractivity contribution in [2.24, 2.45) is 5.73 Å². The number of carbonyl (C=O) groups is 2. The van der Waals surface area contributed by atoms with Crippen molar-refractivity contribution in [3.05, 3.63) is 100 Å². The maximum absolute atomic E-state index is 13.4. The van der Waals surface area contributed by atoms with Gasteiger partial charge in [0.1, 0.15) is 0 Å². The fraction of sp³-hybridized carbons (Fsp3) is 0.154. The van der Waals surface area contributed by atoms with Crippen molar-refractivity contribution in [3.63, 3.8) is 0 Å². The topological polar surface area (TPSA) is 75.4 Å². The van der Waals surface area contributed by atoms with E-state index in [4.69, 9.17) is 5.73 Å². The third-order valence-electron chi connectivity index (χ3n) is 5.31. The molecule has 0 bridgehead atoms. The van der Waals surface area contributed by atoms with Gasteiger partial charge in [-0.2, -0.15) is 0 Å². The normalized spacial score (nSPS) is 13.1. The summed E-state index contributed by atoms with van der Waals surface area (Å²) in [5.74, 6) is -0.252. The minimum absolute atomic E-state index is 0.0833. The molecule has 3 aromatic rings. The number of hydrogen-bond acceptors (Lipinski definition) is 4. The summed E-state index contributed by atoms with van der Waals surface area (Å²) in [6.07, 6.45) is 2.86. The van der Waals surface area contributed by atoms with Crippen molar-refractivity contribution in [2.45, 2.75) is 18.2 Å². The lowest BCUT2D eigenvalue weighted by Gasteiger charge is -2.22. The maximum Gasteiger partial charge on any atom is 0.258 e. The van der Waals surface area contributed by atoms with Crippen LogP contribution < -0.4 is 16.0 Å². The second kappa shape index (κ2) is 9.85. The van der Waals surface area contributed by atoms with Crippen molar-refractivity contribution in [1.29, 1.82) is 0 Å². The van der Waals surface area contributed by atoms with Crippen LogP contribution in [0.2, 0.25) is 0 Å². The van der Waals surface area contributed by atoms with Gasteiger partial charge in [0.15, 0.2) is 0 Å². The molecule has 1 aliphatic rings. The van der Waals surface area contributed by atoms with Crippen molar-refractivity contribution < 1.29 is 9.59 Å². The van der Waals surface area contributed by atoms with Crippen LogP contribution in [0.15, 0.2) is 88.7 Å². The highest BCUT2D eigenvalue weighted by Crippen LogP contribution is 2.39. The molecule has 0 fully saturated rings. The number of aryl methyl sites for hydroxylation is 1. The molecule has 3 N–H and O–H groups in total. The van der Waals surface area contributed by atoms with Crippen LogP contribution in [0.25, 0.3) is 0 Å². The fourth-order valence-corrected chi connectivity index (χ4v) is 4.70. The number of nitrogens with one attached hydrogen (secondary N) is 1. The lowest BCUT2D eigenvalue weighted by Crippen LogP contribution is -2.31. The van der Waals surface area contributed by atoms with Crippen LogP contribution in [-0.4, -0.2) is 24.9 Å². The molecular weight excluding hydrogens is 418 g/mol. The average Bonchev–Trinajstić information content (AvgIpc) is 2.99. The Bertz CT molecular complexity index is 1170. The van der Waals surface area contributed by atoms with Gasteiger partial charge in [0.05, 0.1) is 5.69 Å². The minimum atomic E-state index is -0.168. The first-order valence-electron chi connectivity index (χ1n) is 10.5. The SMILES string of the molecule is Cc1ccccc1C(=O)Nc1ccc(C(=O)N2CC=C(CCN)Sc3ccccc32)cc1. The smallest absolute Gasteiger partial charge is 0.258 e. The highest BCUT2D eigenvalue weighted by atomic mass is 32.2. The largest absolute Gasteiger partial charge is 0.330 e. The van der Waals surface area contributed by atoms with Gasteiger partial charge in [0, 0.05) is 28.3 Å². The Morgan fingerprint density at radius 2 is 1.72 bits per heavy atom. The summed E-state index contributed by atoms with van der Waals surface area (Å²) in [5.41, 5.74) is 9.39. The number of hydrogen-bond donors (Lipinski definition) is 2. The van der Waals surface area contributed by atoms with Crippen molar-refractivity contribution >= 4 is 35.0 Å². The van der Waals surface area contributed by atoms with E-state index in [-0.39, 0.29) is 11.8 Å². The zero-order chi connectivity index (χ0) is 22.5. The van der Waals surface area contributed by atoms with Crippen LogP contribution >= 0.6 is 11.8 Å². The summed E-state index contributed by atoms with van der Waals surface area (Å²) < 4.78 is 0. The molecule has 32 heavy (non-hydrogen) atoms. The molecule has 0 aromatic heterocycles. The highest BCUT2D eigenvalue weighted by Gasteiger charge is 2.23. The van der Waals surface area contributed by atoms with E-state index in [2.05, 4.69) is 11.4 Å². The number of benzene rings is 3. The van der Waals surface area contributed by atoms with E-state index in [1.165, 1.54) is 4.91 Å². The first-order valence-corrected chi connectivity index (χ1v) is 11.3.